The van der Waals surface area contributed by atoms with Crippen molar-refractivity contribution in [2.24, 2.45) is 0 Å². The summed E-state index contributed by atoms with van der Waals surface area (Å²) in [7, 11) is 0. The van der Waals surface area contributed by atoms with Crippen molar-refractivity contribution in [2.75, 3.05) is 26.3 Å². The lowest BCUT2D eigenvalue weighted by Gasteiger charge is -2.27. The van der Waals surface area contributed by atoms with E-state index in [1.165, 1.54) is 29.1 Å². The van der Waals surface area contributed by atoms with Crippen LogP contribution < -0.4 is 5.56 Å². The predicted octanol–water partition coefficient (Wildman–Crippen LogP) is 0.394. The molecule has 0 bridgehead atoms. The molecule has 1 aliphatic heterocycles. The van der Waals surface area contributed by atoms with Crippen molar-refractivity contribution >= 4 is 16.8 Å². The molecule has 21 heavy (non-hydrogen) atoms. The SMILES string of the molecule is O=C(Cn1cnc2cc(F)ccc2c1=O)N1CCOCC1. The van der Waals surface area contributed by atoms with Gasteiger partial charge in [-0.2, -0.15) is 0 Å². The molecule has 6 nitrogen and oxygen atoms in total. The van der Waals surface area contributed by atoms with E-state index in [0.29, 0.717) is 31.7 Å². The topological polar surface area (TPSA) is 64.4 Å². The van der Waals surface area contributed by atoms with Gasteiger partial charge < -0.3 is 9.64 Å². The number of amides is 1. The van der Waals surface area contributed by atoms with Gasteiger partial charge in [0.1, 0.15) is 12.4 Å². The summed E-state index contributed by atoms with van der Waals surface area (Å²) in [6.07, 6.45) is 1.28. The summed E-state index contributed by atoms with van der Waals surface area (Å²) >= 11 is 0. The van der Waals surface area contributed by atoms with Gasteiger partial charge in [-0.05, 0) is 12.1 Å². The Kier molecular flexibility index (Phi) is 3.66. The van der Waals surface area contributed by atoms with Crippen molar-refractivity contribution in [3.05, 3.63) is 40.7 Å². The molecule has 7 heteroatoms. The van der Waals surface area contributed by atoms with Gasteiger partial charge >= 0.3 is 0 Å². The molecule has 110 valence electrons. The molecule has 0 unspecified atom stereocenters. The number of rotatable bonds is 2. The highest BCUT2D eigenvalue weighted by Crippen LogP contribution is 2.08. The van der Waals surface area contributed by atoms with E-state index in [9.17, 15) is 14.0 Å². The van der Waals surface area contributed by atoms with Crippen LogP contribution >= 0.6 is 0 Å². The summed E-state index contributed by atoms with van der Waals surface area (Å²) in [4.78, 5) is 30.1. The van der Waals surface area contributed by atoms with Crippen molar-refractivity contribution in [3.63, 3.8) is 0 Å². The summed E-state index contributed by atoms with van der Waals surface area (Å²) in [6, 6.07) is 3.79. The van der Waals surface area contributed by atoms with Gasteiger partial charge in [0.15, 0.2) is 0 Å². The number of fused-ring (bicyclic) bond motifs is 1. The minimum Gasteiger partial charge on any atom is -0.378 e. The maximum atomic E-state index is 13.1. The maximum absolute atomic E-state index is 13.1. The van der Waals surface area contributed by atoms with Gasteiger partial charge in [0.25, 0.3) is 5.56 Å². The molecule has 1 amide bonds. The van der Waals surface area contributed by atoms with E-state index in [1.54, 1.807) is 4.90 Å². The van der Waals surface area contributed by atoms with Gasteiger partial charge in [-0.1, -0.05) is 0 Å². The molecular weight excluding hydrogens is 277 g/mol. The third-order valence-corrected chi connectivity index (χ3v) is 3.46. The number of morpholine rings is 1. The van der Waals surface area contributed by atoms with Crippen molar-refractivity contribution in [2.45, 2.75) is 6.54 Å². The van der Waals surface area contributed by atoms with Crippen LogP contribution in [0.1, 0.15) is 0 Å². The first-order chi connectivity index (χ1) is 10.1. The maximum Gasteiger partial charge on any atom is 0.261 e. The van der Waals surface area contributed by atoms with Crippen molar-refractivity contribution in [1.82, 2.24) is 14.5 Å². The van der Waals surface area contributed by atoms with Gasteiger partial charge in [-0.15, -0.1) is 0 Å². The third kappa shape index (κ3) is 2.78. The number of aromatic nitrogens is 2. The van der Waals surface area contributed by atoms with E-state index in [2.05, 4.69) is 4.98 Å². The van der Waals surface area contributed by atoms with Gasteiger partial charge in [0, 0.05) is 19.2 Å². The lowest BCUT2D eigenvalue weighted by molar-refractivity contribution is -0.135. The third-order valence-electron chi connectivity index (χ3n) is 3.46. The Balaban J connectivity index is 1.87. The van der Waals surface area contributed by atoms with Crippen LogP contribution in [0.4, 0.5) is 4.39 Å². The Morgan fingerprint density at radius 3 is 2.86 bits per heavy atom. The number of halogens is 1. The number of nitrogens with zero attached hydrogens (tertiary/aromatic N) is 3. The number of hydrogen-bond acceptors (Lipinski definition) is 4. The fraction of sp³-hybridized carbons (Fsp3) is 0.357. The smallest absolute Gasteiger partial charge is 0.261 e. The van der Waals surface area contributed by atoms with Crippen LogP contribution in [0.15, 0.2) is 29.3 Å². The van der Waals surface area contributed by atoms with Crippen molar-refractivity contribution in [3.8, 4) is 0 Å². The second-order valence-corrected chi connectivity index (χ2v) is 4.83. The molecule has 3 rings (SSSR count). The molecule has 1 saturated heterocycles. The van der Waals surface area contributed by atoms with E-state index in [-0.39, 0.29) is 23.5 Å². The standard InChI is InChI=1S/C14H14FN3O3/c15-10-1-2-11-12(7-10)16-9-18(14(11)20)8-13(19)17-3-5-21-6-4-17/h1-2,7,9H,3-6,8H2. The molecule has 0 saturated carbocycles. The monoisotopic (exact) mass is 291 g/mol. The Morgan fingerprint density at radius 2 is 2.10 bits per heavy atom. The van der Waals surface area contributed by atoms with Crippen LogP contribution in [-0.2, 0) is 16.1 Å². The van der Waals surface area contributed by atoms with Crippen molar-refractivity contribution in [1.29, 1.82) is 0 Å². The first-order valence-electron chi connectivity index (χ1n) is 6.65. The van der Waals surface area contributed by atoms with Gasteiger partial charge in [0.2, 0.25) is 5.91 Å². The van der Waals surface area contributed by atoms with E-state index in [1.807, 2.05) is 0 Å². The fourth-order valence-electron chi connectivity index (χ4n) is 2.30. The van der Waals surface area contributed by atoms with E-state index in [4.69, 9.17) is 4.74 Å². The first kappa shape index (κ1) is 13.7. The number of ether oxygens (including phenoxy) is 1. The summed E-state index contributed by atoms with van der Waals surface area (Å²) in [5, 5.41) is 0.300. The molecule has 1 aromatic carbocycles. The van der Waals surface area contributed by atoms with E-state index < -0.39 is 5.82 Å². The molecule has 1 fully saturated rings. The number of benzene rings is 1. The quantitative estimate of drug-likeness (QED) is 0.803. The van der Waals surface area contributed by atoms with Gasteiger partial charge in [-0.3, -0.25) is 14.2 Å². The lowest BCUT2D eigenvalue weighted by Crippen LogP contribution is -2.43. The van der Waals surface area contributed by atoms with Gasteiger partial charge in [-0.25, -0.2) is 9.37 Å². The summed E-state index contributed by atoms with van der Waals surface area (Å²) in [5.41, 5.74) is -0.0586. The van der Waals surface area contributed by atoms with Crippen molar-refractivity contribution < 1.29 is 13.9 Å². The van der Waals surface area contributed by atoms with Crippen LogP contribution in [0.2, 0.25) is 0 Å². The predicted molar refractivity (Wildman–Crippen MR) is 73.4 cm³/mol. The molecule has 0 spiro atoms. The molecule has 2 aromatic rings. The zero-order chi connectivity index (χ0) is 14.8. The molecule has 2 heterocycles. The summed E-state index contributed by atoms with van der Waals surface area (Å²) < 4.78 is 19.5. The molecular formula is C14H14FN3O3. The van der Waals surface area contributed by atoms with Gasteiger partial charge in [0.05, 0.1) is 30.4 Å². The average molecular weight is 291 g/mol. The molecule has 0 radical (unpaired) electrons. The zero-order valence-corrected chi connectivity index (χ0v) is 11.3. The highest BCUT2D eigenvalue weighted by Gasteiger charge is 2.18. The lowest BCUT2D eigenvalue weighted by atomic mass is 10.2. The molecule has 0 N–H and O–H groups in total. The van der Waals surface area contributed by atoms with E-state index in [0.717, 1.165) is 0 Å². The average Bonchev–Trinajstić information content (AvgIpc) is 2.51. The number of hydrogen-bond donors (Lipinski definition) is 0. The molecule has 1 aromatic heterocycles. The van der Waals surface area contributed by atoms with Crippen LogP contribution in [-0.4, -0.2) is 46.7 Å². The zero-order valence-electron chi connectivity index (χ0n) is 11.3. The van der Waals surface area contributed by atoms with Crippen LogP contribution in [0.3, 0.4) is 0 Å². The second kappa shape index (κ2) is 5.61. The van der Waals surface area contributed by atoms with E-state index >= 15 is 0 Å². The Morgan fingerprint density at radius 1 is 1.33 bits per heavy atom. The Hall–Kier alpha value is -2.28. The van der Waals surface area contributed by atoms with Crippen LogP contribution in [0.25, 0.3) is 10.9 Å². The molecule has 1 aliphatic rings. The number of carbonyl (C=O) groups excluding carboxylic acids is 1. The minimum absolute atomic E-state index is 0.0703. The van der Waals surface area contributed by atoms with Crippen LogP contribution in [0, 0.1) is 5.82 Å². The first-order valence-corrected chi connectivity index (χ1v) is 6.65. The summed E-state index contributed by atoms with van der Waals surface area (Å²) in [5.74, 6) is -0.597. The Bertz CT molecular complexity index is 738. The summed E-state index contributed by atoms with van der Waals surface area (Å²) in [6.45, 7) is 2.00. The molecule has 0 atom stereocenters. The van der Waals surface area contributed by atoms with Crippen LogP contribution in [0.5, 0.6) is 0 Å². The minimum atomic E-state index is -0.448. The molecule has 0 aliphatic carbocycles. The largest absolute Gasteiger partial charge is 0.378 e. The highest BCUT2D eigenvalue weighted by molar-refractivity contribution is 5.79. The Labute approximate surface area is 119 Å². The second-order valence-electron chi connectivity index (χ2n) is 4.83. The highest BCUT2D eigenvalue weighted by atomic mass is 19.1. The number of carbonyl (C=O) groups is 1. The normalized spacial score (nSPS) is 15.4. The fourth-order valence-corrected chi connectivity index (χ4v) is 2.30.